The second-order valence-electron chi connectivity index (χ2n) is 10.3. The number of amides is 1. The maximum Gasteiger partial charge on any atom is 0.345 e. The predicted molar refractivity (Wildman–Crippen MR) is 173 cm³/mol. The van der Waals surface area contributed by atoms with Gasteiger partial charge in [-0.05, 0) is 32.9 Å². The zero-order valence-electron chi connectivity index (χ0n) is 24.0. The lowest BCUT2D eigenvalue weighted by molar-refractivity contribution is -0.843. The van der Waals surface area contributed by atoms with Crippen LogP contribution in [0.2, 0.25) is 0 Å². The summed E-state index contributed by atoms with van der Waals surface area (Å²) in [5.74, 6) is 0.239. The molecule has 0 fully saturated rings. The Balaban J connectivity index is 0.000000212. The van der Waals surface area contributed by atoms with Crippen LogP contribution in [0.5, 0.6) is 0 Å². The lowest BCUT2D eigenvalue weighted by atomic mass is 9.13. The standard InChI is InChI=1S/C24H20B.C13H20NO/c1-5-13-21(14-6-1)25(22-15-7-2-8-16-22,23-17-9-3-10-18-23)24-19-11-4-12-20-24;1-4-14(5-2,6-3)13(15)12-10-8-7-9-11-12/h1-20H;7-11H,4-6H2,1-3H3/q-1;+1. The van der Waals surface area contributed by atoms with Crippen molar-refractivity contribution in [1.29, 1.82) is 0 Å². The normalized spacial score (nSPS) is 11.3. The average molecular weight is 526 g/mol. The van der Waals surface area contributed by atoms with E-state index < -0.39 is 6.15 Å². The summed E-state index contributed by atoms with van der Waals surface area (Å²) in [5, 5.41) is 0. The number of benzene rings is 5. The average Bonchev–Trinajstić information content (AvgIpc) is 3.05. The first kappa shape index (κ1) is 28.8. The Bertz CT molecular complexity index is 1260. The Labute approximate surface area is 240 Å². The Hall–Kier alpha value is -4.21. The minimum atomic E-state index is -1.22. The summed E-state index contributed by atoms with van der Waals surface area (Å²) < 4.78 is 0.546. The van der Waals surface area contributed by atoms with Crippen LogP contribution < -0.4 is 21.9 Å². The molecule has 0 spiro atoms. The van der Waals surface area contributed by atoms with E-state index in [1.165, 1.54) is 21.9 Å². The second kappa shape index (κ2) is 13.7. The monoisotopic (exact) mass is 525 g/mol. The molecule has 1 amide bonds. The highest BCUT2D eigenvalue weighted by Crippen LogP contribution is 2.14. The van der Waals surface area contributed by atoms with Gasteiger partial charge in [-0.3, -0.25) is 4.48 Å². The van der Waals surface area contributed by atoms with Crippen LogP contribution in [0.25, 0.3) is 0 Å². The molecule has 2 nitrogen and oxygen atoms in total. The molecule has 3 heteroatoms. The van der Waals surface area contributed by atoms with Crippen LogP contribution in [-0.2, 0) is 0 Å². The van der Waals surface area contributed by atoms with E-state index in [4.69, 9.17) is 0 Å². The van der Waals surface area contributed by atoms with E-state index in [2.05, 4.69) is 142 Å². The Morgan fingerprint density at radius 1 is 0.450 bits per heavy atom. The molecule has 40 heavy (non-hydrogen) atoms. The minimum Gasteiger partial charge on any atom is -0.257 e. The van der Waals surface area contributed by atoms with Gasteiger partial charge in [0, 0.05) is 0 Å². The molecule has 0 heterocycles. The Kier molecular flexibility index (Phi) is 9.89. The van der Waals surface area contributed by atoms with Crippen molar-refractivity contribution in [3.05, 3.63) is 157 Å². The van der Waals surface area contributed by atoms with E-state index in [0.29, 0.717) is 4.48 Å². The van der Waals surface area contributed by atoms with Crippen molar-refractivity contribution in [2.75, 3.05) is 19.6 Å². The molecule has 0 aliphatic rings. The van der Waals surface area contributed by atoms with Crippen molar-refractivity contribution in [3.8, 4) is 0 Å². The van der Waals surface area contributed by atoms with Gasteiger partial charge in [0.15, 0.2) is 0 Å². The molecule has 0 saturated carbocycles. The third-order valence-electron chi connectivity index (χ3n) is 8.47. The molecule has 0 atom stereocenters. The van der Waals surface area contributed by atoms with E-state index >= 15 is 0 Å². The first-order valence-corrected chi connectivity index (χ1v) is 14.5. The maximum absolute atomic E-state index is 12.3. The molecule has 5 aromatic rings. The smallest absolute Gasteiger partial charge is 0.257 e. The predicted octanol–water partition coefficient (Wildman–Crippen LogP) is 5.77. The van der Waals surface area contributed by atoms with Gasteiger partial charge in [-0.2, -0.15) is 21.9 Å². The third-order valence-corrected chi connectivity index (χ3v) is 8.47. The zero-order chi connectivity index (χ0) is 28.3. The number of carbonyl (C=O) groups is 1. The van der Waals surface area contributed by atoms with Crippen LogP contribution in [0.3, 0.4) is 0 Å². The van der Waals surface area contributed by atoms with E-state index in [0.717, 1.165) is 25.2 Å². The van der Waals surface area contributed by atoms with Crippen molar-refractivity contribution >= 4 is 33.9 Å². The molecule has 202 valence electrons. The fourth-order valence-electron chi connectivity index (χ4n) is 6.08. The van der Waals surface area contributed by atoms with Gasteiger partial charge in [-0.25, -0.2) is 4.79 Å². The highest BCUT2D eigenvalue weighted by molar-refractivity contribution is 7.19. The molecule has 5 aromatic carbocycles. The number of hydrogen-bond donors (Lipinski definition) is 0. The number of quaternary nitrogens is 1. The quantitative estimate of drug-likeness (QED) is 0.186. The number of rotatable bonds is 8. The Morgan fingerprint density at radius 2 is 0.700 bits per heavy atom. The zero-order valence-corrected chi connectivity index (χ0v) is 24.0. The van der Waals surface area contributed by atoms with Crippen molar-refractivity contribution in [2.24, 2.45) is 0 Å². The molecule has 0 radical (unpaired) electrons. The largest absolute Gasteiger partial charge is 0.345 e. The topological polar surface area (TPSA) is 17.1 Å². The van der Waals surface area contributed by atoms with Crippen LogP contribution in [0, 0.1) is 0 Å². The van der Waals surface area contributed by atoms with Gasteiger partial charge >= 0.3 is 5.91 Å². The van der Waals surface area contributed by atoms with Crippen molar-refractivity contribution in [2.45, 2.75) is 20.8 Å². The molecular weight excluding hydrogens is 485 g/mol. The van der Waals surface area contributed by atoms with E-state index in [9.17, 15) is 4.79 Å². The van der Waals surface area contributed by atoms with E-state index in [-0.39, 0.29) is 5.91 Å². The summed E-state index contributed by atoms with van der Waals surface area (Å²) in [6, 6.07) is 53.1. The first-order valence-electron chi connectivity index (χ1n) is 14.5. The van der Waals surface area contributed by atoms with Crippen LogP contribution >= 0.6 is 0 Å². The maximum atomic E-state index is 12.3. The minimum absolute atomic E-state index is 0.239. The Morgan fingerprint density at radius 3 is 0.950 bits per heavy atom. The highest BCUT2D eigenvalue weighted by Gasteiger charge is 2.32. The van der Waals surface area contributed by atoms with Gasteiger partial charge in [-0.1, -0.05) is 140 Å². The SMILES string of the molecule is CC[N+](CC)(CC)C(=O)c1ccccc1.c1ccc([B-](c2ccccc2)(c2ccccc2)c2ccccc2)cc1. The lowest BCUT2D eigenvalue weighted by Gasteiger charge is -2.44. The van der Waals surface area contributed by atoms with Gasteiger partial charge < -0.3 is 0 Å². The molecule has 5 rings (SSSR count). The van der Waals surface area contributed by atoms with Crippen molar-refractivity contribution in [3.63, 3.8) is 0 Å². The fourth-order valence-corrected chi connectivity index (χ4v) is 6.08. The lowest BCUT2D eigenvalue weighted by Crippen LogP contribution is -2.74. The fraction of sp³-hybridized carbons (Fsp3) is 0.162. The van der Waals surface area contributed by atoms with Crippen molar-refractivity contribution < 1.29 is 9.28 Å². The van der Waals surface area contributed by atoms with E-state index in [1.54, 1.807) is 0 Å². The van der Waals surface area contributed by atoms with Crippen LogP contribution in [-0.4, -0.2) is 36.2 Å². The van der Waals surface area contributed by atoms with Crippen LogP contribution in [0.15, 0.2) is 152 Å². The van der Waals surface area contributed by atoms with Gasteiger partial charge in [-0.15, -0.1) is 0 Å². The summed E-state index contributed by atoms with van der Waals surface area (Å²) in [6.45, 7) is 8.82. The molecule has 0 saturated heterocycles. The molecular formula is C37H40BNO. The molecule has 0 N–H and O–H groups in total. The molecule has 0 aromatic heterocycles. The van der Waals surface area contributed by atoms with Crippen molar-refractivity contribution in [1.82, 2.24) is 0 Å². The number of hydrogen-bond acceptors (Lipinski definition) is 1. The summed E-state index contributed by atoms with van der Waals surface area (Å²) in [7, 11) is 0. The molecule has 0 aliphatic heterocycles. The van der Waals surface area contributed by atoms with Crippen LogP contribution in [0.1, 0.15) is 31.1 Å². The first-order chi connectivity index (χ1) is 19.6. The number of carbonyl (C=O) groups excluding carboxylic acids is 1. The van der Waals surface area contributed by atoms with Crippen LogP contribution in [0.4, 0.5) is 0 Å². The molecule has 0 unspecified atom stereocenters. The third kappa shape index (κ3) is 5.85. The summed E-state index contributed by atoms with van der Waals surface area (Å²) >= 11 is 0. The van der Waals surface area contributed by atoms with E-state index in [1.807, 2.05) is 30.3 Å². The summed E-state index contributed by atoms with van der Waals surface area (Å²) in [4.78, 5) is 12.3. The molecule has 0 bridgehead atoms. The molecule has 0 aliphatic carbocycles. The number of nitrogens with zero attached hydrogens (tertiary/aromatic N) is 1. The van der Waals surface area contributed by atoms with Gasteiger partial charge in [0.1, 0.15) is 6.15 Å². The summed E-state index contributed by atoms with van der Waals surface area (Å²) in [6.07, 6.45) is -1.22. The van der Waals surface area contributed by atoms with Gasteiger partial charge in [0.05, 0.1) is 25.2 Å². The van der Waals surface area contributed by atoms with Gasteiger partial charge in [0.2, 0.25) is 0 Å². The van der Waals surface area contributed by atoms with Gasteiger partial charge in [0.25, 0.3) is 0 Å². The second-order valence-corrected chi connectivity index (χ2v) is 10.3. The summed E-state index contributed by atoms with van der Waals surface area (Å²) in [5.41, 5.74) is 6.18. The highest BCUT2D eigenvalue weighted by atomic mass is 16.2.